The van der Waals surface area contributed by atoms with Crippen molar-refractivity contribution in [1.29, 1.82) is 0 Å². The summed E-state index contributed by atoms with van der Waals surface area (Å²) in [6.07, 6.45) is 2.45. The lowest BCUT2D eigenvalue weighted by molar-refractivity contribution is -0.133. The lowest BCUT2D eigenvalue weighted by atomic mass is 10.1. The first-order valence-corrected chi connectivity index (χ1v) is 6.06. The SMILES string of the molecule is O=C(Cl)C(=O)NCCc1c[nH]c2ccc(Cl)cc12. The van der Waals surface area contributed by atoms with Crippen LogP contribution in [0.4, 0.5) is 0 Å². The number of carbonyl (C=O) groups is 2. The molecule has 0 aliphatic carbocycles. The van der Waals surface area contributed by atoms with Crippen LogP contribution in [0.1, 0.15) is 5.56 Å². The van der Waals surface area contributed by atoms with Gasteiger partial charge in [0.2, 0.25) is 0 Å². The lowest BCUT2D eigenvalue weighted by Crippen LogP contribution is -2.29. The zero-order valence-corrected chi connectivity index (χ0v) is 10.8. The Morgan fingerprint density at radius 2 is 2.11 bits per heavy atom. The summed E-state index contributed by atoms with van der Waals surface area (Å²) in [5.41, 5.74) is 2.00. The van der Waals surface area contributed by atoms with Gasteiger partial charge in [0, 0.05) is 28.7 Å². The molecule has 0 fully saturated rings. The average Bonchev–Trinajstić information content (AvgIpc) is 2.71. The molecule has 0 atom stereocenters. The first-order chi connectivity index (χ1) is 8.58. The minimum absolute atomic E-state index is 0.344. The number of fused-ring (bicyclic) bond motifs is 1. The first kappa shape index (κ1) is 12.9. The molecule has 6 heteroatoms. The number of hydrogen-bond donors (Lipinski definition) is 2. The van der Waals surface area contributed by atoms with Crippen LogP contribution in [0.3, 0.4) is 0 Å². The molecule has 1 aromatic heterocycles. The maximum Gasteiger partial charge on any atom is 0.309 e. The highest BCUT2D eigenvalue weighted by molar-refractivity contribution is 6.80. The number of H-pyrrole nitrogens is 1. The van der Waals surface area contributed by atoms with E-state index in [-0.39, 0.29) is 0 Å². The maximum absolute atomic E-state index is 11.0. The van der Waals surface area contributed by atoms with Crippen LogP contribution in [0.5, 0.6) is 0 Å². The quantitative estimate of drug-likeness (QED) is 0.668. The number of amides is 1. The lowest BCUT2D eigenvalue weighted by Gasteiger charge is -2.01. The Hall–Kier alpha value is -1.52. The van der Waals surface area contributed by atoms with Gasteiger partial charge in [0.1, 0.15) is 0 Å². The zero-order valence-electron chi connectivity index (χ0n) is 9.30. The molecule has 18 heavy (non-hydrogen) atoms. The third-order valence-corrected chi connectivity index (χ3v) is 2.99. The third kappa shape index (κ3) is 2.83. The molecule has 1 aromatic carbocycles. The van der Waals surface area contributed by atoms with Gasteiger partial charge in [-0.05, 0) is 41.8 Å². The number of aromatic amines is 1. The van der Waals surface area contributed by atoms with Crippen molar-refractivity contribution in [2.24, 2.45) is 0 Å². The van der Waals surface area contributed by atoms with Crippen molar-refractivity contribution in [2.75, 3.05) is 6.54 Å². The molecule has 2 aromatic rings. The summed E-state index contributed by atoms with van der Waals surface area (Å²) in [5.74, 6) is -0.783. The summed E-state index contributed by atoms with van der Waals surface area (Å²) in [6.45, 7) is 0.344. The van der Waals surface area contributed by atoms with Gasteiger partial charge in [-0.3, -0.25) is 9.59 Å². The van der Waals surface area contributed by atoms with Gasteiger partial charge >= 0.3 is 11.1 Å². The second-order valence-electron chi connectivity index (χ2n) is 3.78. The minimum Gasteiger partial charge on any atom is -0.361 e. The summed E-state index contributed by atoms with van der Waals surface area (Å²) in [7, 11) is 0. The van der Waals surface area contributed by atoms with E-state index in [0.717, 1.165) is 16.5 Å². The molecule has 2 N–H and O–H groups in total. The molecule has 0 aliphatic rings. The fourth-order valence-electron chi connectivity index (χ4n) is 1.74. The van der Waals surface area contributed by atoms with Crippen molar-refractivity contribution in [3.63, 3.8) is 0 Å². The Balaban J connectivity index is 2.06. The largest absolute Gasteiger partial charge is 0.361 e. The topological polar surface area (TPSA) is 62.0 Å². The standard InChI is InChI=1S/C12H10Cl2N2O2/c13-8-1-2-10-9(5-8)7(6-16-10)3-4-15-12(18)11(14)17/h1-2,5-6,16H,3-4H2,(H,15,18). The van der Waals surface area contributed by atoms with Crippen LogP contribution in [-0.2, 0) is 16.0 Å². The van der Waals surface area contributed by atoms with Crippen molar-refractivity contribution >= 4 is 45.3 Å². The Kier molecular flexibility index (Phi) is 3.89. The number of carbonyl (C=O) groups excluding carboxylic acids is 2. The predicted molar refractivity (Wildman–Crippen MR) is 70.9 cm³/mol. The molecule has 0 aliphatic heterocycles. The van der Waals surface area contributed by atoms with Crippen molar-refractivity contribution in [1.82, 2.24) is 10.3 Å². The normalized spacial score (nSPS) is 10.6. The van der Waals surface area contributed by atoms with E-state index in [2.05, 4.69) is 10.3 Å². The molecule has 0 radical (unpaired) electrons. The molecular formula is C12H10Cl2N2O2. The van der Waals surface area contributed by atoms with Gasteiger partial charge in [0.15, 0.2) is 0 Å². The van der Waals surface area contributed by atoms with E-state index in [0.29, 0.717) is 18.0 Å². The Labute approximate surface area is 113 Å². The van der Waals surface area contributed by atoms with E-state index in [1.807, 2.05) is 18.3 Å². The molecule has 94 valence electrons. The monoisotopic (exact) mass is 284 g/mol. The van der Waals surface area contributed by atoms with E-state index < -0.39 is 11.1 Å². The van der Waals surface area contributed by atoms with Gasteiger partial charge < -0.3 is 10.3 Å². The summed E-state index contributed by atoms with van der Waals surface area (Å²) in [6, 6.07) is 5.55. The summed E-state index contributed by atoms with van der Waals surface area (Å²) < 4.78 is 0. The van der Waals surface area contributed by atoms with E-state index in [1.165, 1.54) is 0 Å². The van der Waals surface area contributed by atoms with Gasteiger partial charge in [0.05, 0.1) is 0 Å². The molecule has 0 unspecified atom stereocenters. The van der Waals surface area contributed by atoms with E-state index in [4.69, 9.17) is 23.2 Å². The van der Waals surface area contributed by atoms with Gasteiger partial charge in [-0.2, -0.15) is 0 Å². The Morgan fingerprint density at radius 1 is 1.33 bits per heavy atom. The molecule has 0 spiro atoms. The molecule has 4 nitrogen and oxygen atoms in total. The molecule has 0 saturated carbocycles. The highest BCUT2D eigenvalue weighted by atomic mass is 35.5. The third-order valence-electron chi connectivity index (χ3n) is 2.59. The summed E-state index contributed by atoms with van der Waals surface area (Å²) >= 11 is 11.0. The molecule has 0 saturated heterocycles. The number of nitrogens with one attached hydrogen (secondary N) is 2. The number of benzene rings is 1. The van der Waals surface area contributed by atoms with Crippen molar-refractivity contribution in [2.45, 2.75) is 6.42 Å². The molecule has 1 heterocycles. The van der Waals surface area contributed by atoms with Gasteiger partial charge in [-0.1, -0.05) is 11.6 Å². The second kappa shape index (κ2) is 5.42. The Morgan fingerprint density at radius 3 is 2.83 bits per heavy atom. The van der Waals surface area contributed by atoms with Crippen LogP contribution in [0, 0.1) is 0 Å². The van der Waals surface area contributed by atoms with E-state index in [9.17, 15) is 9.59 Å². The first-order valence-electron chi connectivity index (χ1n) is 5.31. The van der Waals surface area contributed by atoms with Crippen LogP contribution in [0.25, 0.3) is 10.9 Å². The molecule has 1 amide bonds. The number of halogens is 2. The highest BCUT2D eigenvalue weighted by Crippen LogP contribution is 2.22. The van der Waals surface area contributed by atoms with Gasteiger partial charge in [-0.25, -0.2) is 0 Å². The smallest absolute Gasteiger partial charge is 0.309 e. The molecule has 0 bridgehead atoms. The van der Waals surface area contributed by atoms with E-state index >= 15 is 0 Å². The number of hydrogen-bond acceptors (Lipinski definition) is 2. The van der Waals surface area contributed by atoms with Crippen LogP contribution in [0.2, 0.25) is 5.02 Å². The molecule has 2 rings (SSSR count). The fourth-order valence-corrected chi connectivity index (χ4v) is 1.98. The number of rotatable bonds is 4. The average molecular weight is 285 g/mol. The predicted octanol–water partition coefficient (Wildman–Crippen LogP) is 2.25. The van der Waals surface area contributed by atoms with Gasteiger partial charge in [-0.15, -0.1) is 0 Å². The maximum atomic E-state index is 11.0. The zero-order chi connectivity index (χ0) is 13.1. The van der Waals surface area contributed by atoms with Gasteiger partial charge in [0.25, 0.3) is 0 Å². The summed E-state index contributed by atoms with van der Waals surface area (Å²) in [5, 5.41) is 3.09. The van der Waals surface area contributed by atoms with Crippen LogP contribution < -0.4 is 5.32 Å². The molecular weight excluding hydrogens is 275 g/mol. The highest BCUT2D eigenvalue weighted by Gasteiger charge is 2.09. The van der Waals surface area contributed by atoms with E-state index in [1.54, 1.807) is 6.07 Å². The second-order valence-corrected chi connectivity index (χ2v) is 4.56. The van der Waals surface area contributed by atoms with Crippen molar-refractivity contribution < 1.29 is 9.59 Å². The Bertz CT molecular complexity index is 607. The fraction of sp³-hybridized carbons (Fsp3) is 0.167. The van der Waals surface area contributed by atoms with Crippen LogP contribution in [-0.4, -0.2) is 22.7 Å². The van der Waals surface area contributed by atoms with Crippen molar-refractivity contribution in [3.05, 3.63) is 35.0 Å². The minimum atomic E-state index is -1.00. The van der Waals surface area contributed by atoms with Crippen LogP contribution in [0.15, 0.2) is 24.4 Å². The van der Waals surface area contributed by atoms with Crippen molar-refractivity contribution in [3.8, 4) is 0 Å². The summed E-state index contributed by atoms with van der Waals surface area (Å²) in [4.78, 5) is 24.6. The number of aromatic nitrogens is 1. The van der Waals surface area contributed by atoms with Crippen LogP contribution >= 0.6 is 23.2 Å².